The van der Waals surface area contributed by atoms with Gasteiger partial charge in [-0.15, -0.1) is 0 Å². The summed E-state index contributed by atoms with van der Waals surface area (Å²) in [5, 5.41) is 2.51. The summed E-state index contributed by atoms with van der Waals surface area (Å²) >= 11 is 0. The van der Waals surface area contributed by atoms with E-state index in [1.165, 1.54) is 0 Å². The molecule has 0 saturated carbocycles. The van der Waals surface area contributed by atoms with E-state index in [0.717, 1.165) is 77.0 Å². The molecule has 0 aliphatic heterocycles. The van der Waals surface area contributed by atoms with Crippen LogP contribution in [0.1, 0.15) is 117 Å². The average molecular weight is 628 g/mol. The molecular weight excluding hydrogens is 566 g/mol. The van der Waals surface area contributed by atoms with Crippen LogP contribution in [0, 0.1) is 0 Å². The summed E-state index contributed by atoms with van der Waals surface area (Å²) in [6, 6.07) is 0. The van der Waals surface area contributed by atoms with E-state index in [1.807, 2.05) is 0 Å². The van der Waals surface area contributed by atoms with Crippen LogP contribution in [0.3, 0.4) is 0 Å². The largest absolute Gasteiger partial charge is 0.369 e. The molecule has 0 fully saturated rings. The Balaban J connectivity index is 3.84. The molecule has 2 amide bonds. The van der Waals surface area contributed by atoms with Crippen LogP contribution in [-0.4, -0.2) is 17.8 Å². The van der Waals surface area contributed by atoms with Gasteiger partial charge in [-0.05, 0) is 89.9 Å². The molecule has 252 valence electrons. The predicted octanol–water partition coefficient (Wildman–Crippen LogP) is 10.8. The van der Waals surface area contributed by atoms with E-state index in [9.17, 15) is 9.59 Å². The van der Waals surface area contributed by atoms with E-state index in [0.29, 0.717) is 25.7 Å². The second-order valence-corrected chi connectivity index (χ2v) is 10.6. The molecule has 5 nitrogen and oxygen atoms in total. The summed E-state index contributed by atoms with van der Waals surface area (Å²) in [5.74, 6) is -0.663. The average Bonchev–Trinajstić information content (AvgIpc) is 3.03. The molecule has 0 spiro atoms. The Kier molecular flexibility index (Phi) is 32.4. The number of nitrogens with two attached hydrogens (primary N) is 1. The van der Waals surface area contributed by atoms with Crippen molar-refractivity contribution in [1.82, 2.24) is 5.32 Å². The van der Waals surface area contributed by atoms with E-state index in [4.69, 9.17) is 5.73 Å². The quantitative estimate of drug-likeness (QED) is 0.0433. The van der Waals surface area contributed by atoms with Gasteiger partial charge in [-0.1, -0.05) is 135 Å². The van der Waals surface area contributed by atoms with E-state index in [1.54, 1.807) is 0 Å². The van der Waals surface area contributed by atoms with Crippen molar-refractivity contribution in [3.8, 4) is 0 Å². The number of allylic oxidation sites excluding steroid dienone is 20. The van der Waals surface area contributed by atoms with Gasteiger partial charge in [0.25, 0.3) is 0 Å². The van der Waals surface area contributed by atoms with Crippen molar-refractivity contribution in [3.05, 3.63) is 122 Å². The number of rotatable bonds is 26. The van der Waals surface area contributed by atoms with Gasteiger partial charge in [-0.25, -0.2) is 0 Å². The highest BCUT2D eigenvalue weighted by Gasteiger charge is 2.05. The van der Waals surface area contributed by atoms with Crippen LogP contribution in [-0.2, 0) is 9.59 Å². The third-order valence-electron chi connectivity index (χ3n) is 6.36. The van der Waals surface area contributed by atoms with Crippen molar-refractivity contribution in [2.45, 2.75) is 117 Å². The molecule has 5 heteroatoms. The molecule has 0 aromatic rings. The number of carbonyl (C=O) groups excluding carboxylic acids is 2. The van der Waals surface area contributed by atoms with Gasteiger partial charge in [0.15, 0.2) is 0 Å². The van der Waals surface area contributed by atoms with Crippen LogP contribution in [0.2, 0.25) is 0 Å². The van der Waals surface area contributed by atoms with Crippen LogP contribution in [0.4, 0.5) is 0 Å². The number of unbranched alkanes of at least 4 members (excludes halogenated alkanes) is 2. The van der Waals surface area contributed by atoms with Gasteiger partial charge in [0.2, 0.25) is 17.8 Å². The topological polar surface area (TPSA) is 84.6 Å². The summed E-state index contributed by atoms with van der Waals surface area (Å²) in [7, 11) is 0. The highest BCUT2D eigenvalue weighted by atomic mass is 16.2. The molecule has 0 bridgehead atoms. The predicted molar refractivity (Wildman–Crippen MR) is 201 cm³/mol. The highest BCUT2D eigenvalue weighted by molar-refractivity contribution is 6.01. The molecule has 0 aliphatic rings. The number of hydrogen-bond donors (Lipinski definition) is 2. The molecule has 0 radical (unpaired) electrons. The standard InChI is InChI=1S/C41H61N3O2/c1-3-5-7-9-11-13-15-17-19-21-23-25-27-29-31-33-35-37-39(45)43-41(42)44-40(46)38-36-34-32-30-28-26-24-22-20-18-16-14-12-10-8-6-4-2/h5-8,11-14,17-20,23-26,29-32H,3-4,9-10,15-16,21-22,27-28,33-38H2,1-2H3,(H3,42,43,44,45,46)/b7-5+,8-6+,13-11+,14-12+,19-17+,20-18+,25-23+,26-24+,31-29+,32-30+. The summed E-state index contributed by atoms with van der Waals surface area (Å²) in [6.07, 6.45) is 56.7. The number of nitrogens with zero attached hydrogens (tertiary/aromatic N) is 1. The van der Waals surface area contributed by atoms with Gasteiger partial charge in [0.1, 0.15) is 0 Å². The fraction of sp³-hybridized carbons (Fsp3) is 0.439. The van der Waals surface area contributed by atoms with Crippen LogP contribution in [0.15, 0.2) is 127 Å². The zero-order chi connectivity index (χ0) is 33.6. The van der Waals surface area contributed by atoms with E-state index >= 15 is 0 Å². The number of carbonyl (C=O) groups is 2. The molecular formula is C41H61N3O2. The van der Waals surface area contributed by atoms with Gasteiger partial charge < -0.3 is 5.73 Å². The monoisotopic (exact) mass is 627 g/mol. The zero-order valence-corrected chi connectivity index (χ0v) is 28.7. The maximum Gasteiger partial charge on any atom is 0.248 e. The van der Waals surface area contributed by atoms with Crippen molar-refractivity contribution in [1.29, 1.82) is 0 Å². The lowest BCUT2D eigenvalue weighted by molar-refractivity contribution is -0.119. The Bertz CT molecular complexity index is 1090. The first-order chi connectivity index (χ1) is 22.6. The first kappa shape index (κ1) is 42.0. The Morgan fingerprint density at radius 3 is 1.13 bits per heavy atom. The van der Waals surface area contributed by atoms with Gasteiger partial charge >= 0.3 is 0 Å². The molecule has 0 atom stereocenters. The fourth-order valence-corrected chi connectivity index (χ4v) is 3.91. The number of guanidine groups is 1. The number of nitrogens with one attached hydrogen (secondary N) is 1. The minimum absolute atomic E-state index is 0.125. The number of hydrogen-bond acceptors (Lipinski definition) is 2. The lowest BCUT2D eigenvalue weighted by Gasteiger charge is -2.03. The van der Waals surface area contributed by atoms with Crippen molar-refractivity contribution < 1.29 is 9.59 Å². The first-order valence-electron chi connectivity index (χ1n) is 17.3. The molecule has 0 saturated heterocycles. The van der Waals surface area contributed by atoms with Crippen LogP contribution in [0.5, 0.6) is 0 Å². The molecule has 3 N–H and O–H groups in total. The van der Waals surface area contributed by atoms with E-state index in [-0.39, 0.29) is 17.8 Å². The van der Waals surface area contributed by atoms with Gasteiger partial charge in [-0.3, -0.25) is 14.9 Å². The molecule has 0 heterocycles. The van der Waals surface area contributed by atoms with E-state index < -0.39 is 0 Å². The van der Waals surface area contributed by atoms with Crippen LogP contribution < -0.4 is 11.1 Å². The van der Waals surface area contributed by atoms with Crippen LogP contribution >= 0.6 is 0 Å². The molecule has 0 aliphatic carbocycles. The Labute approximate surface area is 281 Å². The third-order valence-corrected chi connectivity index (χ3v) is 6.36. The second kappa shape index (κ2) is 35.5. The molecule has 0 aromatic heterocycles. The zero-order valence-electron chi connectivity index (χ0n) is 28.7. The van der Waals surface area contributed by atoms with E-state index in [2.05, 4.69) is 146 Å². The lowest BCUT2D eigenvalue weighted by Crippen LogP contribution is -2.37. The number of aliphatic imine (C=N–C) groups is 1. The molecule has 0 rings (SSSR count). The maximum atomic E-state index is 12.1. The van der Waals surface area contributed by atoms with Gasteiger partial charge in [-0.2, -0.15) is 4.99 Å². The van der Waals surface area contributed by atoms with Gasteiger partial charge in [0, 0.05) is 12.8 Å². The van der Waals surface area contributed by atoms with Crippen molar-refractivity contribution in [3.63, 3.8) is 0 Å². The normalized spacial score (nSPS) is 13.5. The molecule has 0 aromatic carbocycles. The lowest BCUT2D eigenvalue weighted by atomic mass is 10.2. The smallest absolute Gasteiger partial charge is 0.248 e. The first-order valence-corrected chi connectivity index (χ1v) is 17.3. The van der Waals surface area contributed by atoms with Crippen molar-refractivity contribution in [2.24, 2.45) is 10.7 Å². The highest BCUT2D eigenvalue weighted by Crippen LogP contribution is 2.02. The Morgan fingerprint density at radius 1 is 0.478 bits per heavy atom. The fourth-order valence-electron chi connectivity index (χ4n) is 3.91. The van der Waals surface area contributed by atoms with Crippen LogP contribution in [0.25, 0.3) is 0 Å². The molecule has 0 unspecified atom stereocenters. The van der Waals surface area contributed by atoms with Crippen molar-refractivity contribution in [2.75, 3.05) is 0 Å². The Hall–Kier alpha value is -3.99. The van der Waals surface area contributed by atoms with Crippen molar-refractivity contribution >= 4 is 17.8 Å². The minimum Gasteiger partial charge on any atom is -0.369 e. The Morgan fingerprint density at radius 2 is 0.783 bits per heavy atom. The SMILES string of the molecule is CC/C=C/C/C=C/C/C=C/C/C=C/C/C=C/CCCC(=O)N=C(N)NC(=O)CCC/C=C/C/C=C/C/C=C/C/C=C/C/C=C/CC. The second-order valence-electron chi connectivity index (χ2n) is 10.6. The summed E-state index contributed by atoms with van der Waals surface area (Å²) < 4.78 is 0. The number of amides is 2. The summed E-state index contributed by atoms with van der Waals surface area (Å²) in [4.78, 5) is 27.9. The minimum atomic E-state index is -0.316. The summed E-state index contributed by atoms with van der Waals surface area (Å²) in [5.41, 5.74) is 5.74. The maximum absolute atomic E-state index is 12.1. The summed E-state index contributed by atoms with van der Waals surface area (Å²) in [6.45, 7) is 4.29. The molecule has 46 heavy (non-hydrogen) atoms. The van der Waals surface area contributed by atoms with Gasteiger partial charge in [0.05, 0.1) is 0 Å². The third kappa shape index (κ3) is 34.5.